The van der Waals surface area contributed by atoms with Gasteiger partial charge in [0.25, 0.3) is 0 Å². The topological polar surface area (TPSA) is 40.5 Å². The highest BCUT2D eigenvalue weighted by molar-refractivity contribution is 6.10. The number of ether oxygens (including phenoxy) is 2. The Kier molecular flexibility index (Phi) is 6.30. The molecule has 0 unspecified atom stereocenters. The van der Waals surface area contributed by atoms with E-state index < -0.39 is 0 Å². The minimum Gasteiger partial charge on any atom is -0.497 e. The van der Waals surface area contributed by atoms with Crippen molar-refractivity contribution in [3.8, 4) is 17.2 Å². The van der Waals surface area contributed by atoms with Crippen LogP contribution in [0.3, 0.4) is 0 Å². The van der Waals surface area contributed by atoms with Gasteiger partial charge in [-0.05, 0) is 47.2 Å². The number of hydrogen-bond donors (Lipinski definition) is 0. The van der Waals surface area contributed by atoms with Gasteiger partial charge in [-0.25, -0.2) is 4.79 Å². The molecule has 0 aliphatic carbocycles. The van der Waals surface area contributed by atoms with Gasteiger partial charge in [-0.2, -0.15) is 0 Å². The molecule has 0 N–H and O–H groups in total. The Hall–Kier alpha value is -4.05. The number of carbonyl (C=O) groups is 1. The van der Waals surface area contributed by atoms with Crippen LogP contribution >= 0.6 is 0 Å². The number of aromatic nitrogens is 1. The molecule has 5 aromatic rings. The first-order valence-electron chi connectivity index (χ1n) is 13.0. The van der Waals surface area contributed by atoms with E-state index in [1.54, 1.807) is 7.11 Å². The molecule has 0 saturated carbocycles. The smallest absolute Gasteiger partial charge is 0.345 e. The lowest BCUT2D eigenvalue weighted by atomic mass is 9.79. The van der Waals surface area contributed by atoms with Crippen LogP contribution in [0.25, 0.3) is 27.5 Å². The molecule has 194 valence electrons. The van der Waals surface area contributed by atoms with Crippen LogP contribution in [0.15, 0.2) is 84.9 Å². The van der Waals surface area contributed by atoms with E-state index in [9.17, 15) is 4.79 Å². The Morgan fingerprint density at radius 1 is 0.684 bits per heavy atom. The SMILES string of the molecule is COc1cc(C(C)(C)C)c(OC(=O)c2ccccc2-n2c3ccccc3c3ccccc32)c(C(C)(C)C)c1. The van der Waals surface area contributed by atoms with Crippen molar-refractivity contribution < 1.29 is 14.3 Å². The zero-order valence-corrected chi connectivity index (χ0v) is 23.3. The lowest BCUT2D eigenvalue weighted by molar-refractivity contribution is 0.0728. The highest BCUT2D eigenvalue weighted by Gasteiger charge is 2.30. The van der Waals surface area contributed by atoms with Crippen LogP contribution < -0.4 is 9.47 Å². The average Bonchev–Trinajstić information content (AvgIpc) is 3.21. The summed E-state index contributed by atoms with van der Waals surface area (Å²) in [6.45, 7) is 12.7. The van der Waals surface area contributed by atoms with Crippen molar-refractivity contribution in [2.45, 2.75) is 52.4 Å². The predicted octanol–water partition coefficient (Wildman–Crippen LogP) is 8.61. The second-order valence-electron chi connectivity index (χ2n) is 11.8. The van der Waals surface area contributed by atoms with Crippen LogP contribution in [-0.2, 0) is 10.8 Å². The summed E-state index contributed by atoms with van der Waals surface area (Å²) in [6.07, 6.45) is 0. The summed E-state index contributed by atoms with van der Waals surface area (Å²) in [5, 5.41) is 2.29. The molecular weight excluding hydrogens is 470 g/mol. The highest BCUT2D eigenvalue weighted by atomic mass is 16.5. The van der Waals surface area contributed by atoms with Crippen molar-refractivity contribution in [2.24, 2.45) is 0 Å². The van der Waals surface area contributed by atoms with Crippen LogP contribution in [0.1, 0.15) is 63.0 Å². The molecule has 0 saturated heterocycles. The minimum atomic E-state index is -0.386. The van der Waals surface area contributed by atoms with Gasteiger partial charge in [0.1, 0.15) is 11.5 Å². The number of methoxy groups -OCH3 is 1. The molecule has 4 nitrogen and oxygen atoms in total. The van der Waals surface area contributed by atoms with Crippen molar-refractivity contribution in [1.82, 2.24) is 4.57 Å². The number of hydrogen-bond acceptors (Lipinski definition) is 3. The third kappa shape index (κ3) is 4.45. The molecular formula is C34H35NO3. The van der Waals surface area contributed by atoms with Gasteiger partial charge >= 0.3 is 5.97 Å². The molecule has 0 amide bonds. The van der Waals surface area contributed by atoms with E-state index in [1.165, 1.54) is 0 Å². The fourth-order valence-electron chi connectivity index (χ4n) is 5.12. The average molecular weight is 506 g/mol. The molecule has 0 bridgehead atoms. The van der Waals surface area contributed by atoms with Crippen molar-refractivity contribution >= 4 is 27.8 Å². The van der Waals surface area contributed by atoms with Crippen LogP contribution in [0.2, 0.25) is 0 Å². The number of para-hydroxylation sites is 3. The van der Waals surface area contributed by atoms with E-state index in [-0.39, 0.29) is 16.8 Å². The number of rotatable bonds is 4. The first-order valence-corrected chi connectivity index (χ1v) is 13.0. The second kappa shape index (κ2) is 9.36. The molecule has 0 fully saturated rings. The molecule has 0 radical (unpaired) electrons. The van der Waals surface area contributed by atoms with Crippen LogP contribution in [0.4, 0.5) is 0 Å². The summed E-state index contributed by atoms with van der Waals surface area (Å²) >= 11 is 0. The van der Waals surface area contributed by atoms with E-state index >= 15 is 0 Å². The highest BCUT2D eigenvalue weighted by Crippen LogP contribution is 2.43. The van der Waals surface area contributed by atoms with Crippen molar-refractivity contribution in [2.75, 3.05) is 7.11 Å². The quantitative estimate of drug-likeness (QED) is 0.181. The van der Waals surface area contributed by atoms with E-state index in [2.05, 4.69) is 70.4 Å². The van der Waals surface area contributed by atoms with Crippen LogP contribution in [0, 0.1) is 0 Å². The van der Waals surface area contributed by atoms with Gasteiger partial charge in [0, 0.05) is 21.9 Å². The van der Waals surface area contributed by atoms with Gasteiger partial charge in [0.2, 0.25) is 0 Å². The van der Waals surface area contributed by atoms with Gasteiger partial charge < -0.3 is 14.0 Å². The van der Waals surface area contributed by atoms with Crippen molar-refractivity contribution in [3.05, 3.63) is 102 Å². The van der Waals surface area contributed by atoms with Crippen LogP contribution in [0.5, 0.6) is 11.5 Å². The maximum absolute atomic E-state index is 14.0. The fraction of sp³-hybridized carbons (Fsp3) is 0.265. The van der Waals surface area contributed by atoms with E-state index in [0.29, 0.717) is 11.3 Å². The van der Waals surface area contributed by atoms with Gasteiger partial charge in [-0.15, -0.1) is 0 Å². The molecule has 5 rings (SSSR count). The first-order chi connectivity index (χ1) is 18.0. The van der Waals surface area contributed by atoms with Gasteiger partial charge in [-0.3, -0.25) is 0 Å². The number of nitrogens with zero attached hydrogens (tertiary/aromatic N) is 1. The summed E-state index contributed by atoms with van der Waals surface area (Å²) in [4.78, 5) is 14.0. The minimum absolute atomic E-state index is 0.267. The van der Waals surface area contributed by atoms with Gasteiger partial charge in [0.15, 0.2) is 0 Å². The van der Waals surface area contributed by atoms with E-state index in [0.717, 1.165) is 44.4 Å². The summed E-state index contributed by atoms with van der Waals surface area (Å²) in [7, 11) is 1.67. The van der Waals surface area contributed by atoms with Gasteiger partial charge in [0.05, 0.1) is 29.4 Å². The number of fused-ring (bicyclic) bond motifs is 3. The molecule has 4 heteroatoms. The zero-order chi connectivity index (χ0) is 27.2. The third-order valence-corrected chi connectivity index (χ3v) is 7.05. The molecule has 4 aromatic carbocycles. The van der Waals surface area contributed by atoms with Crippen LogP contribution in [-0.4, -0.2) is 17.6 Å². The zero-order valence-electron chi connectivity index (χ0n) is 23.3. The van der Waals surface area contributed by atoms with Crippen molar-refractivity contribution in [1.29, 1.82) is 0 Å². The monoisotopic (exact) mass is 505 g/mol. The third-order valence-electron chi connectivity index (χ3n) is 7.05. The largest absolute Gasteiger partial charge is 0.497 e. The fourth-order valence-corrected chi connectivity index (χ4v) is 5.12. The van der Waals surface area contributed by atoms with Crippen molar-refractivity contribution in [3.63, 3.8) is 0 Å². The normalized spacial score (nSPS) is 12.2. The molecule has 0 aliphatic heterocycles. The molecule has 38 heavy (non-hydrogen) atoms. The maximum atomic E-state index is 14.0. The predicted molar refractivity (Wildman–Crippen MR) is 156 cm³/mol. The Bertz CT molecular complexity index is 1570. The number of esters is 1. The number of benzene rings is 4. The molecule has 1 heterocycles. The second-order valence-corrected chi connectivity index (χ2v) is 11.8. The molecule has 0 spiro atoms. The van der Waals surface area contributed by atoms with Gasteiger partial charge in [-0.1, -0.05) is 90.1 Å². The Morgan fingerprint density at radius 2 is 1.16 bits per heavy atom. The molecule has 0 atom stereocenters. The summed E-state index contributed by atoms with van der Waals surface area (Å²) in [5.41, 5.74) is 4.72. The standard InChI is InChI=1S/C34H35NO3/c1-33(2,3)26-20-22(37-7)21-27(34(4,5)6)31(26)38-32(36)25-16-10-13-19-30(25)35-28-17-11-8-14-23(28)24-15-9-12-18-29(24)35/h8-21H,1-7H3. The van der Waals surface area contributed by atoms with E-state index in [4.69, 9.17) is 9.47 Å². The van der Waals surface area contributed by atoms with E-state index in [1.807, 2.05) is 60.7 Å². The summed E-state index contributed by atoms with van der Waals surface area (Å²) in [5.74, 6) is 0.974. The Labute approximate surface area is 224 Å². The lowest BCUT2D eigenvalue weighted by Crippen LogP contribution is -2.22. The Morgan fingerprint density at radius 3 is 1.66 bits per heavy atom. The lowest BCUT2D eigenvalue weighted by Gasteiger charge is -2.30. The summed E-state index contributed by atoms with van der Waals surface area (Å²) in [6, 6.07) is 28.2. The summed E-state index contributed by atoms with van der Waals surface area (Å²) < 4.78 is 14.2. The maximum Gasteiger partial charge on any atom is 0.345 e. The number of carbonyl (C=O) groups excluding carboxylic acids is 1. The molecule has 1 aromatic heterocycles. The first kappa shape index (κ1) is 25.6. The molecule has 0 aliphatic rings. The Balaban J connectivity index is 1.70.